The first-order chi connectivity index (χ1) is 14.5. The Labute approximate surface area is 174 Å². The van der Waals surface area contributed by atoms with Crippen LogP contribution in [0, 0.1) is 6.92 Å². The van der Waals surface area contributed by atoms with E-state index in [1.54, 1.807) is 22.9 Å². The van der Waals surface area contributed by atoms with Gasteiger partial charge >= 0.3 is 5.97 Å². The van der Waals surface area contributed by atoms with Crippen molar-refractivity contribution in [3.05, 3.63) is 42.2 Å². The highest BCUT2D eigenvalue weighted by Gasteiger charge is 2.35. The van der Waals surface area contributed by atoms with Crippen molar-refractivity contribution in [2.45, 2.75) is 32.4 Å². The normalized spacial score (nSPS) is 16.1. The summed E-state index contributed by atoms with van der Waals surface area (Å²) in [5.74, 6) is 0.249. The quantitative estimate of drug-likeness (QED) is 0.603. The topological polar surface area (TPSA) is 86.6 Å². The van der Waals surface area contributed by atoms with Crippen LogP contribution >= 0.6 is 0 Å². The molecule has 0 saturated carbocycles. The van der Waals surface area contributed by atoms with Crippen LogP contribution in [-0.2, 0) is 20.9 Å². The van der Waals surface area contributed by atoms with Crippen molar-refractivity contribution in [2.24, 2.45) is 0 Å². The van der Waals surface area contributed by atoms with Gasteiger partial charge in [0.05, 0.1) is 19.9 Å². The monoisotopic (exact) mass is 408 g/mol. The van der Waals surface area contributed by atoms with Crippen LogP contribution < -0.4 is 4.74 Å². The number of hydrogen-bond acceptors (Lipinski definition) is 6. The van der Waals surface area contributed by atoms with Crippen molar-refractivity contribution < 1.29 is 19.1 Å². The molecule has 156 valence electrons. The molecule has 30 heavy (non-hydrogen) atoms. The van der Waals surface area contributed by atoms with Gasteiger partial charge in [-0.3, -0.25) is 4.79 Å². The molecule has 1 amide bonds. The summed E-state index contributed by atoms with van der Waals surface area (Å²) in [7, 11) is 2.98. The Kier molecular flexibility index (Phi) is 5.39. The van der Waals surface area contributed by atoms with Gasteiger partial charge in [0, 0.05) is 18.1 Å². The first-order valence-corrected chi connectivity index (χ1v) is 9.87. The summed E-state index contributed by atoms with van der Waals surface area (Å²) in [5.41, 5.74) is 3.44. The summed E-state index contributed by atoms with van der Waals surface area (Å²) >= 11 is 0. The number of rotatable bonds is 5. The molecule has 8 heteroatoms. The molecule has 2 aromatic heterocycles. The fraction of sp³-hybridized carbons (Fsp3) is 0.364. The van der Waals surface area contributed by atoms with E-state index in [-0.39, 0.29) is 18.4 Å². The number of hydrogen-bond donors (Lipinski definition) is 0. The van der Waals surface area contributed by atoms with Crippen LogP contribution in [0.5, 0.6) is 5.75 Å². The summed E-state index contributed by atoms with van der Waals surface area (Å²) in [6.07, 6.45) is 3.12. The molecule has 8 nitrogen and oxygen atoms in total. The molecule has 1 unspecified atom stereocenters. The summed E-state index contributed by atoms with van der Waals surface area (Å²) in [6, 6.07) is 9.21. The highest BCUT2D eigenvalue weighted by atomic mass is 16.5. The molecule has 3 aromatic rings. The molecule has 0 bridgehead atoms. The Morgan fingerprint density at radius 1 is 1.17 bits per heavy atom. The van der Waals surface area contributed by atoms with Crippen molar-refractivity contribution in [3.63, 3.8) is 0 Å². The van der Waals surface area contributed by atoms with Gasteiger partial charge in [-0.25, -0.2) is 14.5 Å². The predicted molar refractivity (Wildman–Crippen MR) is 111 cm³/mol. The molecule has 4 rings (SSSR count). The Hall–Kier alpha value is -3.42. The van der Waals surface area contributed by atoms with Gasteiger partial charge in [-0.05, 0) is 49.1 Å². The molecule has 1 saturated heterocycles. The minimum atomic E-state index is -0.520. The SMILES string of the molecule is COC(=O)C1CCCN1C(=O)Cn1nc(C)c2c(-c3ccc(OC)cc3)ccnc21. The zero-order valence-corrected chi connectivity index (χ0v) is 17.3. The number of benzene rings is 1. The van der Waals surface area contributed by atoms with Gasteiger partial charge in [-0.15, -0.1) is 0 Å². The molecule has 1 fully saturated rings. The van der Waals surface area contributed by atoms with Crippen molar-refractivity contribution >= 4 is 22.9 Å². The van der Waals surface area contributed by atoms with Gasteiger partial charge in [-0.1, -0.05) is 12.1 Å². The standard InChI is InChI=1S/C22H24N4O4/c1-14-20-17(15-6-8-16(29-2)9-7-15)10-11-23-21(20)26(24-14)13-19(27)25-12-4-5-18(25)22(28)30-3/h6-11,18H,4-5,12-13H2,1-3H3. The molecule has 1 aliphatic heterocycles. The van der Waals surface area contributed by atoms with Gasteiger partial charge in [0.1, 0.15) is 18.3 Å². The second-order valence-electron chi connectivity index (χ2n) is 7.30. The molecule has 1 aliphatic rings. The lowest BCUT2D eigenvalue weighted by Crippen LogP contribution is -2.42. The summed E-state index contributed by atoms with van der Waals surface area (Å²) in [4.78, 5) is 31.0. The lowest BCUT2D eigenvalue weighted by atomic mass is 10.0. The number of fused-ring (bicyclic) bond motifs is 1. The van der Waals surface area contributed by atoms with Crippen LogP contribution in [0.1, 0.15) is 18.5 Å². The Morgan fingerprint density at radius 3 is 2.63 bits per heavy atom. The van der Waals surface area contributed by atoms with Gasteiger partial charge in [0.25, 0.3) is 0 Å². The van der Waals surface area contributed by atoms with E-state index in [0.29, 0.717) is 18.6 Å². The molecular weight excluding hydrogens is 384 g/mol. The highest BCUT2D eigenvalue weighted by molar-refractivity contribution is 5.95. The fourth-order valence-electron chi connectivity index (χ4n) is 4.07. The number of ether oxygens (including phenoxy) is 2. The molecule has 0 spiro atoms. The van der Waals surface area contributed by atoms with Crippen molar-refractivity contribution in [1.29, 1.82) is 0 Å². The first-order valence-electron chi connectivity index (χ1n) is 9.87. The third-order valence-corrected chi connectivity index (χ3v) is 5.54. The minimum absolute atomic E-state index is 0.0247. The predicted octanol–water partition coefficient (Wildman–Crippen LogP) is 2.58. The number of nitrogens with zero attached hydrogens (tertiary/aromatic N) is 4. The number of pyridine rings is 1. The zero-order valence-electron chi connectivity index (χ0n) is 17.3. The van der Waals surface area contributed by atoms with Crippen LogP contribution in [0.4, 0.5) is 0 Å². The van der Waals surface area contributed by atoms with Crippen LogP contribution in [-0.4, -0.2) is 58.3 Å². The lowest BCUT2D eigenvalue weighted by molar-refractivity contribution is -0.151. The maximum absolute atomic E-state index is 12.9. The van der Waals surface area contributed by atoms with Crippen LogP contribution in [0.15, 0.2) is 36.5 Å². The van der Waals surface area contributed by atoms with E-state index in [4.69, 9.17) is 9.47 Å². The van der Waals surface area contributed by atoms with E-state index < -0.39 is 6.04 Å². The summed E-state index contributed by atoms with van der Waals surface area (Å²) < 4.78 is 11.7. The Morgan fingerprint density at radius 2 is 1.93 bits per heavy atom. The maximum Gasteiger partial charge on any atom is 0.328 e. The number of methoxy groups -OCH3 is 2. The fourth-order valence-corrected chi connectivity index (χ4v) is 4.07. The largest absolute Gasteiger partial charge is 0.497 e. The van der Waals surface area contributed by atoms with E-state index in [0.717, 1.165) is 34.4 Å². The number of aryl methyl sites for hydroxylation is 1. The van der Waals surface area contributed by atoms with Gasteiger partial charge in [-0.2, -0.15) is 5.10 Å². The minimum Gasteiger partial charge on any atom is -0.497 e. The second kappa shape index (κ2) is 8.14. The van der Waals surface area contributed by atoms with E-state index in [1.807, 2.05) is 37.3 Å². The van der Waals surface area contributed by atoms with Crippen molar-refractivity contribution in [2.75, 3.05) is 20.8 Å². The number of carbonyl (C=O) groups is 2. The van der Waals surface area contributed by atoms with Crippen molar-refractivity contribution in [3.8, 4) is 16.9 Å². The average Bonchev–Trinajstić information content (AvgIpc) is 3.38. The Balaban J connectivity index is 1.66. The number of aromatic nitrogens is 3. The van der Waals surface area contributed by atoms with Crippen LogP contribution in [0.3, 0.4) is 0 Å². The number of carbonyl (C=O) groups excluding carboxylic acids is 2. The Bertz CT molecular complexity index is 1090. The average molecular weight is 408 g/mol. The third kappa shape index (κ3) is 3.49. The molecular formula is C22H24N4O4. The highest BCUT2D eigenvalue weighted by Crippen LogP contribution is 2.31. The van der Waals surface area contributed by atoms with E-state index in [9.17, 15) is 9.59 Å². The van der Waals surface area contributed by atoms with Crippen LogP contribution in [0.2, 0.25) is 0 Å². The smallest absolute Gasteiger partial charge is 0.328 e. The third-order valence-electron chi connectivity index (χ3n) is 5.54. The lowest BCUT2D eigenvalue weighted by Gasteiger charge is -2.22. The van der Waals surface area contributed by atoms with Gasteiger partial charge in [0.2, 0.25) is 5.91 Å². The van der Waals surface area contributed by atoms with E-state index in [2.05, 4.69) is 10.1 Å². The van der Waals surface area contributed by atoms with Crippen molar-refractivity contribution in [1.82, 2.24) is 19.7 Å². The number of amides is 1. The number of likely N-dealkylation sites (tertiary alicyclic amines) is 1. The van der Waals surface area contributed by atoms with E-state index in [1.165, 1.54) is 7.11 Å². The molecule has 0 N–H and O–H groups in total. The molecule has 0 aliphatic carbocycles. The van der Waals surface area contributed by atoms with Gasteiger partial charge < -0.3 is 14.4 Å². The zero-order chi connectivity index (χ0) is 21.3. The summed E-state index contributed by atoms with van der Waals surface area (Å²) in [6.45, 7) is 2.48. The molecule has 1 atom stereocenters. The molecule has 1 aromatic carbocycles. The van der Waals surface area contributed by atoms with E-state index >= 15 is 0 Å². The molecule has 0 radical (unpaired) electrons. The second-order valence-corrected chi connectivity index (χ2v) is 7.30. The first kappa shape index (κ1) is 19.9. The van der Waals surface area contributed by atoms with Crippen LogP contribution in [0.25, 0.3) is 22.2 Å². The van der Waals surface area contributed by atoms with Gasteiger partial charge in [0.15, 0.2) is 5.65 Å². The summed E-state index contributed by atoms with van der Waals surface area (Å²) in [5, 5.41) is 5.48. The maximum atomic E-state index is 12.9. The molecule has 3 heterocycles. The number of esters is 1.